The molecular weight excluding hydrogens is 204 g/mol. The predicted molar refractivity (Wildman–Crippen MR) is 64.0 cm³/mol. The van der Waals surface area contributed by atoms with Crippen LogP contribution in [0.25, 0.3) is 0 Å². The van der Waals surface area contributed by atoms with Gasteiger partial charge in [-0.05, 0) is 6.07 Å². The molecule has 0 heterocycles. The zero-order valence-electron chi connectivity index (χ0n) is 9.12. The zero-order valence-corrected chi connectivity index (χ0v) is 9.12. The minimum Gasteiger partial charge on any atom is -0.464 e. The van der Waals surface area contributed by atoms with E-state index in [0.717, 1.165) is 5.69 Å². The molecule has 4 heteroatoms. The first-order chi connectivity index (χ1) is 7.70. The SMILES string of the molecule is C=CCNc1ccccc1C(=N)C(=O)OC. The third kappa shape index (κ3) is 2.70. The van der Waals surface area contributed by atoms with E-state index in [-0.39, 0.29) is 5.71 Å². The number of hydrogen-bond donors (Lipinski definition) is 2. The third-order valence-electron chi connectivity index (χ3n) is 2.02. The van der Waals surface area contributed by atoms with Crippen LogP contribution in [0.15, 0.2) is 36.9 Å². The van der Waals surface area contributed by atoms with Gasteiger partial charge < -0.3 is 10.1 Å². The van der Waals surface area contributed by atoms with Crippen molar-refractivity contribution in [1.82, 2.24) is 0 Å². The predicted octanol–water partition coefficient (Wildman–Crippen LogP) is 1.83. The molecule has 0 atom stereocenters. The van der Waals surface area contributed by atoms with E-state index in [0.29, 0.717) is 12.1 Å². The fraction of sp³-hybridized carbons (Fsp3) is 0.167. The van der Waals surface area contributed by atoms with Gasteiger partial charge >= 0.3 is 5.97 Å². The average Bonchev–Trinajstić information content (AvgIpc) is 2.34. The van der Waals surface area contributed by atoms with Crippen LogP contribution < -0.4 is 5.32 Å². The maximum absolute atomic E-state index is 11.2. The molecule has 0 bridgehead atoms. The van der Waals surface area contributed by atoms with Gasteiger partial charge in [0.1, 0.15) is 5.71 Å². The number of carbonyl (C=O) groups is 1. The van der Waals surface area contributed by atoms with Gasteiger partial charge in [0.15, 0.2) is 0 Å². The summed E-state index contributed by atoms with van der Waals surface area (Å²) >= 11 is 0. The second-order valence-electron chi connectivity index (χ2n) is 3.08. The summed E-state index contributed by atoms with van der Waals surface area (Å²) in [6.45, 7) is 4.17. The summed E-state index contributed by atoms with van der Waals surface area (Å²) in [6.07, 6.45) is 1.71. The Bertz CT molecular complexity index is 413. The van der Waals surface area contributed by atoms with E-state index in [4.69, 9.17) is 5.41 Å². The highest BCUT2D eigenvalue weighted by atomic mass is 16.5. The fourth-order valence-electron chi connectivity index (χ4n) is 1.25. The number of benzene rings is 1. The molecule has 84 valence electrons. The Morgan fingerprint density at radius 2 is 2.25 bits per heavy atom. The Balaban J connectivity index is 2.98. The van der Waals surface area contributed by atoms with Crippen LogP contribution in [0.3, 0.4) is 0 Å². The maximum Gasteiger partial charge on any atom is 0.356 e. The Morgan fingerprint density at radius 1 is 1.56 bits per heavy atom. The lowest BCUT2D eigenvalue weighted by Gasteiger charge is -2.10. The van der Waals surface area contributed by atoms with E-state index >= 15 is 0 Å². The van der Waals surface area contributed by atoms with Crippen LogP contribution >= 0.6 is 0 Å². The van der Waals surface area contributed by atoms with Gasteiger partial charge in [-0.25, -0.2) is 4.79 Å². The highest BCUT2D eigenvalue weighted by molar-refractivity contribution is 6.43. The Kier molecular flexibility index (Phi) is 4.27. The molecular formula is C12H14N2O2. The number of nitrogens with one attached hydrogen (secondary N) is 2. The summed E-state index contributed by atoms with van der Waals surface area (Å²) in [5.41, 5.74) is 1.09. The highest BCUT2D eigenvalue weighted by Crippen LogP contribution is 2.15. The number of hydrogen-bond acceptors (Lipinski definition) is 4. The molecule has 1 aromatic carbocycles. The van der Waals surface area contributed by atoms with Crippen molar-refractivity contribution in [2.75, 3.05) is 19.0 Å². The van der Waals surface area contributed by atoms with E-state index in [9.17, 15) is 4.79 Å². The molecule has 0 aliphatic carbocycles. The smallest absolute Gasteiger partial charge is 0.356 e. The summed E-state index contributed by atoms with van der Waals surface area (Å²) in [5.74, 6) is -0.646. The van der Waals surface area contributed by atoms with Gasteiger partial charge in [-0.15, -0.1) is 6.58 Å². The molecule has 16 heavy (non-hydrogen) atoms. The minimum atomic E-state index is -0.646. The monoisotopic (exact) mass is 218 g/mol. The third-order valence-corrected chi connectivity index (χ3v) is 2.02. The van der Waals surface area contributed by atoms with Crippen LogP contribution in [0.5, 0.6) is 0 Å². The Hall–Kier alpha value is -2.10. The molecule has 0 fully saturated rings. The molecule has 0 aromatic heterocycles. The van der Waals surface area contributed by atoms with Crippen molar-refractivity contribution >= 4 is 17.4 Å². The van der Waals surface area contributed by atoms with Crippen LogP contribution in [0, 0.1) is 5.41 Å². The van der Waals surface area contributed by atoms with Crippen LogP contribution in [0.1, 0.15) is 5.56 Å². The van der Waals surface area contributed by atoms with Crippen molar-refractivity contribution in [3.8, 4) is 0 Å². The van der Waals surface area contributed by atoms with Crippen LogP contribution in [-0.4, -0.2) is 25.3 Å². The second kappa shape index (κ2) is 5.70. The summed E-state index contributed by atoms with van der Waals surface area (Å²) in [4.78, 5) is 11.2. The van der Waals surface area contributed by atoms with E-state index < -0.39 is 5.97 Å². The molecule has 0 amide bonds. The minimum absolute atomic E-state index is 0.158. The average molecular weight is 218 g/mol. The first-order valence-electron chi connectivity index (χ1n) is 4.81. The Labute approximate surface area is 94.4 Å². The van der Waals surface area contributed by atoms with E-state index in [2.05, 4.69) is 16.6 Å². The number of esters is 1. The molecule has 0 aliphatic rings. The maximum atomic E-state index is 11.2. The summed E-state index contributed by atoms with van der Waals surface area (Å²) < 4.78 is 4.51. The number of rotatable bonds is 5. The molecule has 0 spiro atoms. The highest BCUT2D eigenvalue weighted by Gasteiger charge is 2.14. The normalized spacial score (nSPS) is 9.31. The largest absolute Gasteiger partial charge is 0.464 e. The number of carbonyl (C=O) groups excluding carboxylic acids is 1. The van der Waals surface area contributed by atoms with Gasteiger partial charge in [0.2, 0.25) is 0 Å². The van der Waals surface area contributed by atoms with Crippen molar-refractivity contribution in [3.63, 3.8) is 0 Å². The molecule has 1 rings (SSSR count). The van der Waals surface area contributed by atoms with Gasteiger partial charge in [-0.2, -0.15) is 0 Å². The number of ether oxygens (including phenoxy) is 1. The lowest BCUT2D eigenvalue weighted by Crippen LogP contribution is -2.17. The number of methoxy groups -OCH3 is 1. The van der Waals surface area contributed by atoms with E-state index in [1.807, 2.05) is 6.07 Å². The second-order valence-corrected chi connectivity index (χ2v) is 3.08. The van der Waals surface area contributed by atoms with Crippen LogP contribution in [0.4, 0.5) is 5.69 Å². The van der Waals surface area contributed by atoms with Crippen molar-refractivity contribution in [2.24, 2.45) is 0 Å². The lowest BCUT2D eigenvalue weighted by molar-refractivity contribution is -0.132. The first kappa shape index (κ1) is 12.0. The van der Waals surface area contributed by atoms with Gasteiger partial charge in [0, 0.05) is 17.8 Å². The Morgan fingerprint density at radius 3 is 2.88 bits per heavy atom. The molecule has 0 radical (unpaired) electrons. The van der Waals surface area contributed by atoms with Crippen LogP contribution in [-0.2, 0) is 9.53 Å². The molecule has 0 saturated carbocycles. The molecule has 4 nitrogen and oxygen atoms in total. The van der Waals surface area contributed by atoms with E-state index in [1.165, 1.54) is 7.11 Å². The van der Waals surface area contributed by atoms with Gasteiger partial charge in [0.25, 0.3) is 0 Å². The van der Waals surface area contributed by atoms with Crippen molar-refractivity contribution in [1.29, 1.82) is 5.41 Å². The summed E-state index contributed by atoms with van der Waals surface area (Å²) in [5, 5.41) is 10.7. The molecule has 0 aliphatic heterocycles. The standard InChI is InChI=1S/C12H14N2O2/c1-3-8-14-10-7-5-4-6-9(10)11(13)12(15)16-2/h3-7,13-14H,1,8H2,2H3. The van der Waals surface area contributed by atoms with Gasteiger partial charge in [-0.3, -0.25) is 5.41 Å². The summed E-state index contributed by atoms with van der Waals surface area (Å²) in [7, 11) is 1.26. The van der Waals surface area contributed by atoms with Gasteiger partial charge in [-0.1, -0.05) is 24.3 Å². The fourth-order valence-corrected chi connectivity index (χ4v) is 1.25. The number of para-hydroxylation sites is 1. The molecule has 0 saturated heterocycles. The van der Waals surface area contributed by atoms with Crippen molar-refractivity contribution in [3.05, 3.63) is 42.5 Å². The van der Waals surface area contributed by atoms with Crippen LogP contribution in [0.2, 0.25) is 0 Å². The molecule has 2 N–H and O–H groups in total. The summed E-state index contributed by atoms with van der Waals surface area (Å²) in [6, 6.07) is 7.10. The molecule has 1 aromatic rings. The topological polar surface area (TPSA) is 62.2 Å². The zero-order chi connectivity index (χ0) is 12.0. The van der Waals surface area contributed by atoms with Crippen molar-refractivity contribution in [2.45, 2.75) is 0 Å². The van der Waals surface area contributed by atoms with E-state index in [1.54, 1.807) is 24.3 Å². The first-order valence-corrected chi connectivity index (χ1v) is 4.81. The van der Waals surface area contributed by atoms with Gasteiger partial charge in [0.05, 0.1) is 7.11 Å². The number of anilines is 1. The molecule has 0 unspecified atom stereocenters. The van der Waals surface area contributed by atoms with Crippen molar-refractivity contribution < 1.29 is 9.53 Å². The quantitative estimate of drug-likeness (QED) is 0.450. The lowest BCUT2D eigenvalue weighted by atomic mass is 10.1.